The summed E-state index contributed by atoms with van der Waals surface area (Å²) in [5.74, 6) is 0. The Morgan fingerprint density at radius 2 is 1.50 bits per heavy atom. The van der Waals surface area contributed by atoms with Gasteiger partial charge < -0.3 is 5.32 Å². The largest absolute Gasteiger partial charge is 0.350 e. The lowest BCUT2D eigenvalue weighted by molar-refractivity contribution is 0.262. The van der Waals surface area contributed by atoms with Crippen LogP contribution in [-0.4, -0.2) is 18.5 Å². The molecule has 0 aliphatic rings. The van der Waals surface area contributed by atoms with E-state index in [2.05, 4.69) is 5.32 Å². The number of amides is 1. The minimum absolute atomic E-state index is 0.00926. The van der Waals surface area contributed by atoms with E-state index >= 15 is 0 Å². The highest BCUT2D eigenvalue weighted by atomic mass is 32.2. The Morgan fingerprint density at radius 1 is 1.20 bits per heavy atom. The number of thioether (sulfide) groups is 1. The molecule has 0 heterocycles. The molecule has 3 heteroatoms. The van der Waals surface area contributed by atoms with Crippen LogP contribution in [0.25, 0.3) is 0 Å². The molecule has 0 aliphatic heterocycles. The summed E-state index contributed by atoms with van der Waals surface area (Å²) >= 11 is 1.17. The van der Waals surface area contributed by atoms with Crippen LogP contribution in [0.2, 0.25) is 0 Å². The number of carbonyl (C=O) groups is 1. The monoisotopic (exact) mass is 165 g/mol. The summed E-state index contributed by atoms with van der Waals surface area (Å²) in [6, 6.07) is 0. The lowest BCUT2D eigenvalue weighted by Crippen LogP contribution is -2.09. The van der Waals surface area contributed by atoms with Crippen molar-refractivity contribution in [2.24, 2.45) is 0 Å². The molecule has 0 saturated carbocycles. The van der Waals surface area contributed by atoms with Gasteiger partial charge in [-0.3, -0.25) is 4.79 Å². The van der Waals surface area contributed by atoms with E-state index in [-0.39, 0.29) is 5.24 Å². The van der Waals surface area contributed by atoms with Gasteiger partial charge in [0.15, 0.2) is 0 Å². The molecular formula is C7H19NOS. The molecule has 2 nitrogen and oxygen atoms in total. The smallest absolute Gasteiger partial charge is 0.278 e. The van der Waals surface area contributed by atoms with E-state index in [9.17, 15) is 4.79 Å². The summed E-state index contributed by atoms with van der Waals surface area (Å²) in [5, 5.41) is 2.45. The zero-order chi connectivity index (χ0) is 8.99. The Labute approximate surface area is 68.8 Å². The molecule has 10 heavy (non-hydrogen) atoms. The maximum Gasteiger partial charge on any atom is 0.278 e. The summed E-state index contributed by atoms with van der Waals surface area (Å²) in [4.78, 5) is 10.0. The highest BCUT2D eigenvalue weighted by Gasteiger charge is 1.85. The van der Waals surface area contributed by atoms with Gasteiger partial charge >= 0.3 is 0 Å². The van der Waals surface area contributed by atoms with Crippen molar-refractivity contribution in [3.05, 3.63) is 0 Å². The first-order valence-electron chi connectivity index (χ1n) is 3.57. The van der Waals surface area contributed by atoms with Gasteiger partial charge in [0.05, 0.1) is 0 Å². The Morgan fingerprint density at radius 3 is 1.50 bits per heavy atom. The average molecular weight is 165 g/mol. The van der Waals surface area contributed by atoms with E-state index in [0.29, 0.717) is 0 Å². The van der Waals surface area contributed by atoms with Gasteiger partial charge in [-0.1, -0.05) is 39.5 Å². The predicted octanol–water partition coefficient (Wildman–Crippen LogP) is 2.74. The quantitative estimate of drug-likeness (QED) is 0.598. The van der Waals surface area contributed by atoms with E-state index < -0.39 is 0 Å². The summed E-state index contributed by atoms with van der Waals surface area (Å²) in [7, 11) is 1.61. The maximum absolute atomic E-state index is 10.0. The van der Waals surface area contributed by atoms with Crippen LogP contribution >= 0.6 is 11.8 Å². The van der Waals surface area contributed by atoms with E-state index in [1.165, 1.54) is 11.8 Å². The van der Waals surface area contributed by atoms with Crippen molar-refractivity contribution < 1.29 is 4.79 Å². The molecule has 0 bridgehead atoms. The fourth-order valence-electron chi connectivity index (χ4n) is 0.102. The highest BCUT2D eigenvalue weighted by Crippen LogP contribution is 1.88. The third-order valence-electron chi connectivity index (χ3n) is 0.390. The molecule has 0 aliphatic carbocycles. The van der Waals surface area contributed by atoms with Crippen molar-refractivity contribution in [2.75, 3.05) is 13.3 Å². The number of hydrogen-bond acceptors (Lipinski definition) is 2. The Kier molecular flexibility index (Phi) is 38.1. The average Bonchev–Trinajstić information content (AvgIpc) is 2.10. The molecule has 1 N–H and O–H groups in total. The number of nitrogens with one attached hydrogen (secondary N) is 1. The summed E-state index contributed by atoms with van der Waals surface area (Å²) < 4.78 is 0. The predicted molar refractivity (Wildman–Crippen MR) is 50.7 cm³/mol. The van der Waals surface area contributed by atoms with Crippen molar-refractivity contribution in [3.8, 4) is 0 Å². The SMILES string of the molecule is CC.CC.CNC(=O)SC. The lowest BCUT2D eigenvalue weighted by atomic mass is 11.0. The van der Waals surface area contributed by atoms with Crippen molar-refractivity contribution in [3.63, 3.8) is 0 Å². The van der Waals surface area contributed by atoms with Crippen LogP contribution in [0.5, 0.6) is 0 Å². The standard InChI is InChI=1S/C3H7NOS.2C2H6/c1-4-3(5)6-2;2*1-2/h1-2H3,(H,4,5);2*1-2H3. The number of hydrogen-bond donors (Lipinski definition) is 1. The first-order chi connectivity index (χ1) is 4.81. The minimum Gasteiger partial charge on any atom is -0.350 e. The molecular weight excluding hydrogens is 146 g/mol. The Balaban J connectivity index is -0.000000105. The minimum atomic E-state index is 0.00926. The molecule has 64 valence electrons. The second-order valence-electron chi connectivity index (χ2n) is 0.742. The maximum atomic E-state index is 10.0. The molecule has 0 aromatic rings. The van der Waals surface area contributed by atoms with Crippen LogP contribution in [0.4, 0.5) is 4.79 Å². The third kappa shape index (κ3) is 24.9. The van der Waals surface area contributed by atoms with Gasteiger partial charge in [-0.2, -0.15) is 0 Å². The van der Waals surface area contributed by atoms with Crippen molar-refractivity contribution in [1.29, 1.82) is 0 Å². The van der Waals surface area contributed by atoms with Crippen LogP contribution in [0.1, 0.15) is 27.7 Å². The lowest BCUT2D eigenvalue weighted by Gasteiger charge is -1.86. The molecule has 0 unspecified atom stereocenters. The van der Waals surface area contributed by atoms with Gasteiger partial charge in [-0.15, -0.1) is 0 Å². The van der Waals surface area contributed by atoms with Gasteiger partial charge in [-0.25, -0.2) is 0 Å². The normalized spacial score (nSPS) is 5.80. The van der Waals surface area contributed by atoms with Gasteiger partial charge in [-0.05, 0) is 6.26 Å². The van der Waals surface area contributed by atoms with Gasteiger partial charge in [0.1, 0.15) is 0 Å². The zero-order valence-corrected chi connectivity index (χ0v) is 8.63. The van der Waals surface area contributed by atoms with E-state index in [0.717, 1.165) is 0 Å². The first kappa shape index (κ1) is 16.4. The zero-order valence-electron chi connectivity index (χ0n) is 7.82. The molecule has 1 amide bonds. The van der Waals surface area contributed by atoms with Crippen LogP contribution < -0.4 is 5.32 Å². The van der Waals surface area contributed by atoms with Gasteiger partial charge in [0.2, 0.25) is 0 Å². The van der Waals surface area contributed by atoms with E-state index in [1.807, 2.05) is 27.7 Å². The molecule has 0 fully saturated rings. The van der Waals surface area contributed by atoms with E-state index in [4.69, 9.17) is 0 Å². The molecule has 0 atom stereocenters. The van der Waals surface area contributed by atoms with Crippen molar-refractivity contribution >= 4 is 17.0 Å². The topological polar surface area (TPSA) is 29.1 Å². The molecule has 0 spiro atoms. The van der Waals surface area contributed by atoms with Crippen LogP contribution in [0, 0.1) is 0 Å². The van der Waals surface area contributed by atoms with Crippen molar-refractivity contribution in [2.45, 2.75) is 27.7 Å². The van der Waals surface area contributed by atoms with Crippen LogP contribution in [0.15, 0.2) is 0 Å². The molecule has 0 rings (SSSR count). The molecule has 0 aromatic heterocycles. The summed E-state index contributed by atoms with van der Waals surface area (Å²) in [6.07, 6.45) is 1.73. The first-order valence-corrected chi connectivity index (χ1v) is 4.79. The highest BCUT2D eigenvalue weighted by molar-refractivity contribution is 8.12. The Hall–Kier alpha value is -0.180. The third-order valence-corrected chi connectivity index (χ3v) is 0.964. The van der Waals surface area contributed by atoms with Crippen LogP contribution in [-0.2, 0) is 0 Å². The van der Waals surface area contributed by atoms with Crippen LogP contribution in [0.3, 0.4) is 0 Å². The molecule has 0 aromatic carbocycles. The summed E-state index contributed by atoms with van der Waals surface area (Å²) in [5.41, 5.74) is 0. The van der Waals surface area contributed by atoms with Crippen molar-refractivity contribution in [1.82, 2.24) is 5.32 Å². The van der Waals surface area contributed by atoms with Gasteiger partial charge in [0, 0.05) is 7.05 Å². The second-order valence-corrected chi connectivity index (χ2v) is 1.52. The molecule has 0 saturated heterocycles. The molecule has 0 radical (unpaired) electrons. The van der Waals surface area contributed by atoms with E-state index in [1.54, 1.807) is 13.3 Å². The number of rotatable bonds is 0. The fraction of sp³-hybridized carbons (Fsp3) is 0.857. The number of carbonyl (C=O) groups excluding carboxylic acids is 1. The second kappa shape index (κ2) is 23.2. The van der Waals surface area contributed by atoms with Gasteiger partial charge in [0.25, 0.3) is 5.24 Å². The Bertz CT molecular complexity index is 51.6. The summed E-state index contributed by atoms with van der Waals surface area (Å²) in [6.45, 7) is 8.00. The fourth-order valence-corrected chi connectivity index (χ4v) is 0.306.